The highest BCUT2D eigenvalue weighted by Gasteiger charge is 2.34. The highest BCUT2D eigenvalue weighted by atomic mass is 35.5. The Balaban J connectivity index is 1.42. The molecule has 0 aromatic heterocycles. The zero-order chi connectivity index (χ0) is 23.9. The van der Waals surface area contributed by atoms with Crippen molar-refractivity contribution in [2.24, 2.45) is 5.92 Å². The number of fused-ring (bicyclic) bond motifs is 1. The summed E-state index contributed by atoms with van der Waals surface area (Å²) in [5, 5.41) is 3.47. The quantitative estimate of drug-likeness (QED) is 0.703. The fraction of sp³-hybridized carbons (Fsp3) is 0.417. The fourth-order valence-electron chi connectivity index (χ4n) is 4.67. The summed E-state index contributed by atoms with van der Waals surface area (Å²) in [4.78, 5) is 26.6. The molecule has 2 aliphatic rings. The Labute approximate surface area is 199 Å². The van der Waals surface area contributed by atoms with Crippen molar-refractivity contribution in [2.75, 3.05) is 23.3 Å². The summed E-state index contributed by atoms with van der Waals surface area (Å²) in [6.07, 6.45) is 1.53. The van der Waals surface area contributed by atoms with Gasteiger partial charge >= 0.3 is 0 Å². The lowest BCUT2D eigenvalue weighted by molar-refractivity contribution is -0.121. The molecule has 2 amide bonds. The number of halogens is 1. The van der Waals surface area contributed by atoms with Gasteiger partial charge in [0, 0.05) is 48.4 Å². The second-order valence-electron chi connectivity index (χ2n) is 8.86. The van der Waals surface area contributed by atoms with Gasteiger partial charge in [-0.25, -0.2) is 8.42 Å². The van der Waals surface area contributed by atoms with Crippen LogP contribution in [0.5, 0.6) is 0 Å². The predicted octanol–water partition coefficient (Wildman–Crippen LogP) is 3.99. The van der Waals surface area contributed by atoms with Gasteiger partial charge in [0.15, 0.2) is 0 Å². The normalized spacial score (nSPS) is 19.4. The number of hydrogen-bond acceptors (Lipinski definition) is 4. The molecule has 1 N–H and O–H groups in total. The molecule has 2 aliphatic heterocycles. The number of aryl methyl sites for hydroxylation is 1. The van der Waals surface area contributed by atoms with Gasteiger partial charge in [0.2, 0.25) is 21.8 Å². The minimum atomic E-state index is -3.68. The number of amides is 2. The number of piperidine rings is 1. The van der Waals surface area contributed by atoms with Crippen LogP contribution in [0.1, 0.15) is 37.8 Å². The van der Waals surface area contributed by atoms with E-state index in [0.717, 1.165) is 16.8 Å². The van der Waals surface area contributed by atoms with Crippen molar-refractivity contribution in [1.82, 2.24) is 4.31 Å². The number of anilines is 2. The molecule has 0 radical (unpaired) electrons. The van der Waals surface area contributed by atoms with E-state index >= 15 is 0 Å². The van der Waals surface area contributed by atoms with E-state index < -0.39 is 10.0 Å². The summed E-state index contributed by atoms with van der Waals surface area (Å²) in [5.74, 6) is -0.436. The first-order valence-corrected chi connectivity index (χ1v) is 12.9. The van der Waals surface area contributed by atoms with Gasteiger partial charge in [-0.15, -0.1) is 0 Å². The Morgan fingerprint density at radius 2 is 1.79 bits per heavy atom. The van der Waals surface area contributed by atoms with Crippen LogP contribution < -0.4 is 10.2 Å². The number of rotatable bonds is 4. The molecule has 2 aromatic carbocycles. The fourth-order valence-corrected chi connectivity index (χ4v) is 6.37. The first-order chi connectivity index (χ1) is 15.6. The van der Waals surface area contributed by atoms with Crippen LogP contribution in [0.2, 0.25) is 5.02 Å². The lowest BCUT2D eigenvalue weighted by Gasteiger charge is -2.30. The van der Waals surface area contributed by atoms with E-state index in [9.17, 15) is 18.0 Å². The largest absolute Gasteiger partial charge is 0.326 e. The molecule has 33 heavy (non-hydrogen) atoms. The topological polar surface area (TPSA) is 86.8 Å². The highest BCUT2D eigenvalue weighted by Crippen LogP contribution is 2.35. The molecule has 7 nitrogen and oxygen atoms in total. The van der Waals surface area contributed by atoms with Crippen LogP contribution in [0, 0.1) is 12.8 Å². The molecule has 4 rings (SSSR count). The molecule has 1 fully saturated rings. The van der Waals surface area contributed by atoms with E-state index in [0.29, 0.717) is 30.0 Å². The summed E-state index contributed by atoms with van der Waals surface area (Å²) in [5.41, 5.74) is 3.21. The minimum absolute atomic E-state index is 0.00752. The zero-order valence-electron chi connectivity index (χ0n) is 19.0. The zero-order valence-corrected chi connectivity index (χ0v) is 20.5. The summed E-state index contributed by atoms with van der Waals surface area (Å²) in [6, 6.07) is 10.4. The summed E-state index contributed by atoms with van der Waals surface area (Å²) < 4.78 is 27.9. The van der Waals surface area contributed by atoms with Gasteiger partial charge in [0.25, 0.3) is 0 Å². The van der Waals surface area contributed by atoms with Gasteiger partial charge in [0.05, 0.1) is 4.90 Å². The molecule has 1 atom stereocenters. The molecule has 176 valence electrons. The van der Waals surface area contributed by atoms with Gasteiger partial charge < -0.3 is 10.2 Å². The van der Waals surface area contributed by atoms with Crippen molar-refractivity contribution in [3.05, 3.63) is 52.5 Å². The molecule has 9 heteroatoms. The van der Waals surface area contributed by atoms with Gasteiger partial charge in [0.1, 0.15) is 0 Å². The van der Waals surface area contributed by atoms with Crippen molar-refractivity contribution >= 4 is 44.8 Å². The van der Waals surface area contributed by atoms with E-state index in [1.54, 1.807) is 35.2 Å². The Morgan fingerprint density at radius 3 is 2.42 bits per heavy atom. The maximum absolute atomic E-state index is 13.3. The van der Waals surface area contributed by atoms with Crippen molar-refractivity contribution in [1.29, 1.82) is 0 Å². The van der Waals surface area contributed by atoms with Crippen molar-refractivity contribution in [3.8, 4) is 0 Å². The van der Waals surface area contributed by atoms with Gasteiger partial charge in [-0.1, -0.05) is 17.7 Å². The molecule has 0 aliphatic carbocycles. The van der Waals surface area contributed by atoms with Crippen LogP contribution in [-0.4, -0.2) is 43.7 Å². The lowest BCUT2D eigenvalue weighted by atomic mass is 9.97. The van der Waals surface area contributed by atoms with Crippen LogP contribution in [0.3, 0.4) is 0 Å². The second-order valence-corrected chi connectivity index (χ2v) is 11.2. The van der Waals surface area contributed by atoms with Crippen LogP contribution in [0.4, 0.5) is 11.4 Å². The maximum atomic E-state index is 13.3. The molecular formula is C24H28ClN3O4S. The first kappa shape index (κ1) is 23.7. The van der Waals surface area contributed by atoms with Gasteiger partial charge in [-0.05, 0) is 74.6 Å². The van der Waals surface area contributed by atoms with Gasteiger partial charge in [-0.2, -0.15) is 4.31 Å². The highest BCUT2D eigenvalue weighted by molar-refractivity contribution is 7.89. The third-order valence-electron chi connectivity index (χ3n) is 6.51. The first-order valence-electron chi connectivity index (χ1n) is 11.1. The SMILES string of the molecule is CC(=O)N1c2ccc(S(=O)(=O)N3CCC(C(=O)Nc4ccc(C)c(Cl)c4)CC3)cc2C[C@H]1C. The number of carbonyl (C=O) groups is 2. The standard InChI is InChI=1S/C24H28ClN3O4S/c1-15-4-5-20(14-22(15)25)26-24(30)18-8-10-27(11-9-18)33(31,32)21-6-7-23-19(13-21)12-16(2)28(23)17(3)29/h4-7,13-14,16,18H,8-12H2,1-3H3,(H,26,30)/t16-/m1/s1. The number of nitrogens with one attached hydrogen (secondary N) is 1. The maximum Gasteiger partial charge on any atom is 0.243 e. The third kappa shape index (κ3) is 4.65. The van der Waals surface area contributed by atoms with Crippen LogP contribution >= 0.6 is 11.6 Å². The summed E-state index contributed by atoms with van der Waals surface area (Å²) >= 11 is 6.13. The van der Waals surface area contributed by atoms with Crippen molar-refractivity contribution < 1.29 is 18.0 Å². The molecular weight excluding hydrogens is 462 g/mol. The molecule has 0 bridgehead atoms. The Kier molecular flexibility index (Phi) is 6.53. The molecule has 2 aromatic rings. The van der Waals surface area contributed by atoms with Crippen molar-refractivity contribution in [2.45, 2.75) is 51.0 Å². The van der Waals surface area contributed by atoms with Gasteiger partial charge in [-0.3, -0.25) is 9.59 Å². The van der Waals surface area contributed by atoms with E-state index in [-0.39, 0.29) is 41.8 Å². The third-order valence-corrected chi connectivity index (χ3v) is 8.81. The summed E-state index contributed by atoms with van der Waals surface area (Å²) in [6.45, 7) is 5.93. The predicted molar refractivity (Wildman–Crippen MR) is 129 cm³/mol. The van der Waals surface area contributed by atoms with Crippen LogP contribution in [0.15, 0.2) is 41.3 Å². The van der Waals surface area contributed by atoms with Crippen LogP contribution in [0.25, 0.3) is 0 Å². The van der Waals surface area contributed by atoms with Crippen molar-refractivity contribution in [3.63, 3.8) is 0 Å². The minimum Gasteiger partial charge on any atom is -0.326 e. The number of sulfonamides is 1. The smallest absolute Gasteiger partial charge is 0.243 e. The molecule has 0 spiro atoms. The molecule has 2 heterocycles. The average Bonchev–Trinajstić information content (AvgIpc) is 3.11. The number of hydrogen-bond donors (Lipinski definition) is 1. The Bertz CT molecular complexity index is 1210. The average molecular weight is 490 g/mol. The lowest BCUT2D eigenvalue weighted by Crippen LogP contribution is -2.41. The molecule has 1 saturated heterocycles. The number of benzene rings is 2. The summed E-state index contributed by atoms with van der Waals surface area (Å²) in [7, 11) is -3.68. The van der Waals surface area contributed by atoms with Crippen LogP contribution in [-0.2, 0) is 26.0 Å². The number of carbonyl (C=O) groups excluding carboxylic acids is 2. The van der Waals surface area contributed by atoms with E-state index in [4.69, 9.17) is 11.6 Å². The molecule has 0 saturated carbocycles. The van der Waals surface area contributed by atoms with E-state index in [2.05, 4.69) is 5.32 Å². The Hall–Kier alpha value is -2.42. The van der Waals surface area contributed by atoms with E-state index in [1.807, 2.05) is 19.9 Å². The molecule has 0 unspecified atom stereocenters. The monoisotopic (exact) mass is 489 g/mol. The second kappa shape index (κ2) is 9.08. The van der Waals surface area contributed by atoms with E-state index in [1.165, 1.54) is 11.2 Å². The Morgan fingerprint density at radius 1 is 1.09 bits per heavy atom. The number of nitrogens with zero attached hydrogens (tertiary/aromatic N) is 2.